The Morgan fingerprint density at radius 2 is 1.74 bits per heavy atom. The number of halogens is 3. The van der Waals surface area contributed by atoms with Gasteiger partial charge in [0.2, 0.25) is 5.91 Å². The molecule has 0 aliphatic heterocycles. The van der Waals surface area contributed by atoms with Crippen molar-refractivity contribution in [3.05, 3.63) is 105 Å². The number of nitro benzene ring substituents is 1. The summed E-state index contributed by atoms with van der Waals surface area (Å²) in [6.07, 6.45) is -3.48. The van der Waals surface area contributed by atoms with Gasteiger partial charge in [-0.2, -0.15) is 18.3 Å². The van der Waals surface area contributed by atoms with E-state index in [0.717, 1.165) is 18.2 Å². The van der Waals surface area contributed by atoms with E-state index in [1.54, 1.807) is 12.1 Å². The number of non-ortho nitro benzene ring substituents is 1. The van der Waals surface area contributed by atoms with Crippen molar-refractivity contribution in [1.29, 1.82) is 0 Å². The van der Waals surface area contributed by atoms with E-state index in [0.29, 0.717) is 5.56 Å². The lowest BCUT2D eigenvalue weighted by Gasteiger charge is -2.08. The zero-order chi connectivity index (χ0) is 24.7. The van der Waals surface area contributed by atoms with E-state index in [9.17, 15) is 32.9 Å². The minimum Gasteiger partial charge on any atom is -0.423 e. The second-order valence-corrected chi connectivity index (χ2v) is 6.93. The van der Waals surface area contributed by atoms with Gasteiger partial charge in [-0.15, -0.1) is 0 Å². The second-order valence-electron chi connectivity index (χ2n) is 6.93. The molecule has 8 nitrogen and oxygen atoms in total. The van der Waals surface area contributed by atoms with Crippen LogP contribution in [0.2, 0.25) is 0 Å². The molecule has 174 valence electrons. The summed E-state index contributed by atoms with van der Waals surface area (Å²) >= 11 is 0. The molecule has 0 fully saturated rings. The Morgan fingerprint density at radius 1 is 1.03 bits per heavy atom. The highest BCUT2D eigenvalue weighted by Crippen LogP contribution is 2.29. The summed E-state index contributed by atoms with van der Waals surface area (Å²) in [7, 11) is 0. The molecule has 0 aliphatic carbocycles. The van der Waals surface area contributed by atoms with Crippen molar-refractivity contribution in [2.75, 3.05) is 0 Å². The molecule has 34 heavy (non-hydrogen) atoms. The van der Waals surface area contributed by atoms with Crippen LogP contribution in [0.1, 0.15) is 27.0 Å². The average Bonchev–Trinajstić information content (AvgIpc) is 2.80. The summed E-state index contributed by atoms with van der Waals surface area (Å²) < 4.78 is 43.4. The topological polar surface area (TPSA) is 111 Å². The van der Waals surface area contributed by atoms with Crippen LogP contribution in [-0.2, 0) is 17.4 Å². The zero-order valence-electron chi connectivity index (χ0n) is 17.3. The van der Waals surface area contributed by atoms with Crippen molar-refractivity contribution in [2.45, 2.75) is 12.6 Å². The molecule has 0 spiro atoms. The Kier molecular flexibility index (Phi) is 7.36. The van der Waals surface area contributed by atoms with Crippen LogP contribution in [0.15, 0.2) is 77.9 Å². The number of nitro groups is 1. The van der Waals surface area contributed by atoms with E-state index in [-0.39, 0.29) is 29.0 Å². The van der Waals surface area contributed by atoms with Gasteiger partial charge >= 0.3 is 12.1 Å². The predicted octanol–water partition coefficient (Wildman–Crippen LogP) is 4.53. The number of alkyl halides is 3. The molecular weight excluding hydrogens is 455 g/mol. The highest BCUT2D eigenvalue weighted by atomic mass is 19.4. The Labute approximate surface area is 190 Å². The molecule has 0 bridgehead atoms. The fraction of sp³-hybridized carbons (Fsp3) is 0.0870. The smallest absolute Gasteiger partial charge is 0.416 e. The third kappa shape index (κ3) is 6.73. The Hall–Kier alpha value is -4.54. The minimum absolute atomic E-state index is 0.0170. The second kappa shape index (κ2) is 10.4. The highest BCUT2D eigenvalue weighted by Gasteiger charge is 2.30. The quantitative estimate of drug-likeness (QED) is 0.179. The Morgan fingerprint density at radius 3 is 2.41 bits per heavy atom. The molecule has 1 N–H and O–H groups in total. The molecule has 0 unspecified atom stereocenters. The van der Waals surface area contributed by atoms with Crippen molar-refractivity contribution < 1.29 is 32.4 Å². The summed E-state index contributed by atoms with van der Waals surface area (Å²) in [5.41, 5.74) is 1.90. The van der Waals surface area contributed by atoms with Crippen molar-refractivity contribution in [3.8, 4) is 5.75 Å². The van der Waals surface area contributed by atoms with Gasteiger partial charge in [0.05, 0.1) is 28.7 Å². The van der Waals surface area contributed by atoms with Crippen LogP contribution >= 0.6 is 0 Å². The average molecular weight is 471 g/mol. The highest BCUT2D eigenvalue weighted by molar-refractivity contribution is 5.92. The van der Waals surface area contributed by atoms with E-state index >= 15 is 0 Å². The molecule has 11 heteroatoms. The standard InChI is InChI=1S/C23H16F3N3O5/c24-23(25,26)18-5-1-3-16(11-18)12-21(30)28-27-14-15-7-9-20(10-8-15)34-22(31)17-4-2-6-19(13-17)29(32)33/h1-11,13-14H,12H2,(H,28,30)/b27-14-. The van der Waals surface area contributed by atoms with Crippen LogP contribution in [0.4, 0.5) is 18.9 Å². The molecule has 0 radical (unpaired) electrons. The maximum atomic E-state index is 12.7. The molecule has 0 saturated heterocycles. The fourth-order valence-electron chi connectivity index (χ4n) is 2.80. The predicted molar refractivity (Wildman–Crippen MR) is 115 cm³/mol. The van der Waals surface area contributed by atoms with Crippen LogP contribution in [0, 0.1) is 10.1 Å². The van der Waals surface area contributed by atoms with E-state index in [1.807, 2.05) is 0 Å². The summed E-state index contributed by atoms with van der Waals surface area (Å²) in [6, 6.07) is 15.6. The molecule has 3 rings (SSSR count). The molecular formula is C23H16F3N3O5. The van der Waals surface area contributed by atoms with Crippen molar-refractivity contribution in [3.63, 3.8) is 0 Å². The number of hydrazone groups is 1. The number of carbonyl (C=O) groups excluding carboxylic acids is 2. The maximum absolute atomic E-state index is 12.7. The maximum Gasteiger partial charge on any atom is 0.416 e. The van der Waals surface area contributed by atoms with Gasteiger partial charge in [0, 0.05) is 12.1 Å². The summed E-state index contributed by atoms with van der Waals surface area (Å²) in [6.45, 7) is 0. The molecule has 3 aromatic carbocycles. The molecule has 3 aromatic rings. The van der Waals surface area contributed by atoms with Crippen LogP contribution < -0.4 is 10.2 Å². The van der Waals surface area contributed by atoms with Gasteiger partial charge in [0.25, 0.3) is 5.69 Å². The van der Waals surface area contributed by atoms with Crippen LogP contribution in [0.3, 0.4) is 0 Å². The molecule has 1 amide bonds. The van der Waals surface area contributed by atoms with Crippen molar-refractivity contribution >= 4 is 23.8 Å². The molecule has 0 heterocycles. The van der Waals surface area contributed by atoms with Crippen molar-refractivity contribution in [1.82, 2.24) is 5.43 Å². The van der Waals surface area contributed by atoms with Gasteiger partial charge in [0.15, 0.2) is 0 Å². The fourth-order valence-corrected chi connectivity index (χ4v) is 2.80. The monoisotopic (exact) mass is 471 g/mol. The lowest BCUT2D eigenvalue weighted by Crippen LogP contribution is -2.20. The van der Waals surface area contributed by atoms with E-state index in [4.69, 9.17) is 4.74 Å². The van der Waals surface area contributed by atoms with Crippen LogP contribution in [-0.4, -0.2) is 23.0 Å². The third-order valence-electron chi connectivity index (χ3n) is 4.41. The summed E-state index contributed by atoms with van der Waals surface area (Å²) in [5, 5.41) is 14.6. The molecule has 0 aliphatic rings. The van der Waals surface area contributed by atoms with Gasteiger partial charge in [0.1, 0.15) is 5.75 Å². The van der Waals surface area contributed by atoms with Gasteiger partial charge in [-0.05, 0) is 47.5 Å². The number of ether oxygens (including phenoxy) is 1. The van der Waals surface area contributed by atoms with Gasteiger partial charge in [-0.25, -0.2) is 10.2 Å². The number of rotatable bonds is 7. The first-order chi connectivity index (χ1) is 16.1. The first-order valence-electron chi connectivity index (χ1n) is 9.66. The normalized spacial score (nSPS) is 11.3. The van der Waals surface area contributed by atoms with Crippen LogP contribution in [0.25, 0.3) is 0 Å². The van der Waals surface area contributed by atoms with Crippen molar-refractivity contribution in [2.24, 2.45) is 5.10 Å². The molecule has 0 aromatic heterocycles. The third-order valence-corrected chi connectivity index (χ3v) is 4.41. The first-order valence-corrected chi connectivity index (χ1v) is 9.66. The first kappa shape index (κ1) is 24.1. The zero-order valence-corrected chi connectivity index (χ0v) is 17.3. The Bertz CT molecular complexity index is 1240. The van der Waals surface area contributed by atoms with Gasteiger partial charge in [-0.3, -0.25) is 14.9 Å². The molecule has 0 saturated carbocycles. The molecule has 0 atom stereocenters. The number of nitrogens with one attached hydrogen (secondary N) is 1. The lowest BCUT2D eigenvalue weighted by atomic mass is 10.1. The minimum atomic E-state index is -4.50. The summed E-state index contributed by atoms with van der Waals surface area (Å²) in [5.74, 6) is -1.19. The summed E-state index contributed by atoms with van der Waals surface area (Å²) in [4.78, 5) is 34.3. The number of nitrogens with zero attached hydrogens (tertiary/aromatic N) is 2. The lowest BCUT2D eigenvalue weighted by molar-refractivity contribution is -0.384. The number of carbonyl (C=O) groups is 2. The van der Waals surface area contributed by atoms with Gasteiger partial charge < -0.3 is 4.74 Å². The van der Waals surface area contributed by atoms with E-state index in [1.165, 1.54) is 48.7 Å². The van der Waals surface area contributed by atoms with E-state index < -0.39 is 28.5 Å². The van der Waals surface area contributed by atoms with Crippen LogP contribution in [0.5, 0.6) is 5.75 Å². The number of benzene rings is 3. The largest absolute Gasteiger partial charge is 0.423 e. The van der Waals surface area contributed by atoms with E-state index in [2.05, 4.69) is 10.5 Å². The number of hydrogen-bond acceptors (Lipinski definition) is 6. The SMILES string of the molecule is O=C(Cc1cccc(C(F)(F)F)c1)N/N=C\c1ccc(OC(=O)c2cccc([N+](=O)[O-])c2)cc1. The number of hydrogen-bond donors (Lipinski definition) is 1. The number of esters is 1. The Balaban J connectivity index is 1.54. The number of amides is 1. The van der Waals surface area contributed by atoms with Gasteiger partial charge in [-0.1, -0.05) is 24.3 Å².